The van der Waals surface area contributed by atoms with Gasteiger partial charge in [0.25, 0.3) is 5.91 Å². The van der Waals surface area contributed by atoms with Crippen LogP contribution >= 0.6 is 0 Å². The number of nitrogens with one attached hydrogen (secondary N) is 1. The number of carbonyl (C=O) groups is 1. The van der Waals surface area contributed by atoms with Crippen LogP contribution in [-0.4, -0.2) is 28.9 Å². The third-order valence-corrected chi connectivity index (χ3v) is 4.41. The van der Waals surface area contributed by atoms with Crippen molar-refractivity contribution in [1.29, 1.82) is 0 Å². The van der Waals surface area contributed by atoms with Crippen molar-refractivity contribution in [1.82, 2.24) is 14.7 Å². The molecule has 0 saturated heterocycles. The van der Waals surface area contributed by atoms with Gasteiger partial charge in [0.2, 0.25) is 0 Å². The Kier molecular flexibility index (Phi) is 5.03. The molecule has 3 aromatic rings. The Hall–Kier alpha value is -2.82. The van der Waals surface area contributed by atoms with E-state index in [2.05, 4.69) is 17.2 Å². The van der Waals surface area contributed by atoms with Gasteiger partial charge in [-0.25, -0.2) is 4.98 Å². The Morgan fingerprint density at radius 3 is 2.64 bits per heavy atom. The van der Waals surface area contributed by atoms with E-state index in [4.69, 9.17) is 4.74 Å². The fraction of sp³-hybridized carbons (Fsp3) is 0.300. The monoisotopic (exact) mass is 337 g/mol. The second-order valence-electron chi connectivity index (χ2n) is 6.00. The number of hydrogen-bond acceptors (Lipinski definition) is 3. The number of pyridine rings is 1. The molecule has 3 rings (SSSR count). The van der Waals surface area contributed by atoms with Crippen molar-refractivity contribution >= 4 is 11.6 Å². The third kappa shape index (κ3) is 3.65. The average molecular weight is 337 g/mol. The first kappa shape index (κ1) is 17.0. The summed E-state index contributed by atoms with van der Waals surface area (Å²) in [7, 11) is 1.65. The molecule has 2 heterocycles. The van der Waals surface area contributed by atoms with Crippen molar-refractivity contribution < 1.29 is 9.53 Å². The van der Waals surface area contributed by atoms with Crippen LogP contribution in [-0.2, 0) is 12.8 Å². The summed E-state index contributed by atoms with van der Waals surface area (Å²) in [6.07, 6.45) is 3.53. The van der Waals surface area contributed by atoms with Crippen LogP contribution in [0.4, 0.5) is 0 Å². The van der Waals surface area contributed by atoms with Crippen molar-refractivity contribution in [2.24, 2.45) is 0 Å². The SMILES string of the molecule is CCc1nc2ccc(C(=O)NCCc3ccc(OC)cc3)cn2c1C. The molecule has 0 spiro atoms. The molecule has 0 bridgehead atoms. The first-order valence-electron chi connectivity index (χ1n) is 8.51. The molecule has 0 aliphatic carbocycles. The van der Waals surface area contributed by atoms with E-state index in [9.17, 15) is 4.79 Å². The number of methoxy groups -OCH3 is 1. The molecule has 1 aromatic carbocycles. The van der Waals surface area contributed by atoms with E-state index in [0.717, 1.165) is 41.2 Å². The maximum absolute atomic E-state index is 12.4. The molecule has 2 aromatic heterocycles. The second kappa shape index (κ2) is 7.38. The number of aromatic nitrogens is 2. The quantitative estimate of drug-likeness (QED) is 0.751. The Morgan fingerprint density at radius 1 is 1.20 bits per heavy atom. The van der Waals surface area contributed by atoms with E-state index in [0.29, 0.717) is 12.1 Å². The van der Waals surface area contributed by atoms with Gasteiger partial charge < -0.3 is 14.5 Å². The molecular weight excluding hydrogens is 314 g/mol. The molecule has 5 heteroatoms. The predicted octanol–water partition coefficient (Wildman–Crippen LogP) is 3.19. The summed E-state index contributed by atoms with van der Waals surface area (Å²) in [5.74, 6) is 0.768. The summed E-state index contributed by atoms with van der Waals surface area (Å²) in [6, 6.07) is 11.6. The molecule has 0 atom stereocenters. The Balaban J connectivity index is 1.64. The van der Waals surface area contributed by atoms with E-state index < -0.39 is 0 Å². The van der Waals surface area contributed by atoms with Crippen molar-refractivity contribution in [2.75, 3.05) is 13.7 Å². The number of nitrogens with zero attached hydrogens (tertiary/aromatic N) is 2. The van der Waals surface area contributed by atoms with E-state index in [1.165, 1.54) is 0 Å². The minimum Gasteiger partial charge on any atom is -0.497 e. The topological polar surface area (TPSA) is 55.6 Å². The standard InChI is InChI=1S/C20H23N3O2/c1-4-18-14(2)23-13-16(7-10-19(23)22-18)20(24)21-12-11-15-5-8-17(25-3)9-6-15/h5-10,13H,4,11-12H2,1-3H3,(H,21,24). The molecule has 0 radical (unpaired) electrons. The van der Waals surface area contributed by atoms with Crippen LogP contribution in [0.15, 0.2) is 42.6 Å². The first-order valence-corrected chi connectivity index (χ1v) is 8.51. The van der Waals surface area contributed by atoms with Gasteiger partial charge >= 0.3 is 0 Å². The zero-order valence-corrected chi connectivity index (χ0v) is 14.9. The van der Waals surface area contributed by atoms with Crippen LogP contribution in [0, 0.1) is 6.92 Å². The zero-order valence-electron chi connectivity index (χ0n) is 14.9. The van der Waals surface area contributed by atoms with E-state index in [1.54, 1.807) is 7.11 Å². The van der Waals surface area contributed by atoms with Crippen molar-refractivity contribution in [2.45, 2.75) is 26.7 Å². The van der Waals surface area contributed by atoms with Gasteiger partial charge in [0.1, 0.15) is 11.4 Å². The molecular formula is C20H23N3O2. The summed E-state index contributed by atoms with van der Waals surface area (Å²) in [6.45, 7) is 4.71. The number of fused-ring (bicyclic) bond motifs is 1. The lowest BCUT2D eigenvalue weighted by Gasteiger charge is -2.07. The van der Waals surface area contributed by atoms with Gasteiger partial charge in [0, 0.05) is 18.4 Å². The smallest absolute Gasteiger partial charge is 0.252 e. The predicted molar refractivity (Wildman–Crippen MR) is 98.3 cm³/mol. The largest absolute Gasteiger partial charge is 0.497 e. The molecule has 0 aliphatic heterocycles. The third-order valence-electron chi connectivity index (χ3n) is 4.41. The van der Waals surface area contributed by atoms with Crippen molar-refractivity contribution in [3.8, 4) is 5.75 Å². The summed E-state index contributed by atoms with van der Waals surface area (Å²) in [5, 5.41) is 2.98. The molecule has 0 saturated carbocycles. The summed E-state index contributed by atoms with van der Waals surface area (Å²) < 4.78 is 7.13. The highest BCUT2D eigenvalue weighted by Gasteiger charge is 2.10. The van der Waals surface area contributed by atoms with Gasteiger partial charge in [-0.2, -0.15) is 0 Å². The number of ether oxygens (including phenoxy) is 1. The van der Waals surface area contributed by atoms with Crippen LogP contribution < -0.4 is 10.1 Å². The van der Waals surface area contributed by atoms with Crippen LogP contribution in [0.5, 0.6) is 5.75 Å². The highest BCUT2D eigenvalue weighted by atomic mass is 16.5. The van der Waals surface area contributed by atoms with Gasteiger partial charge in [-0.05, 0) is 49.6 Å². The van der Waals surface area contributed by atoms with E-state index in [-0.39, 0.29) is 5.91 Å². The number of imidazole rings is 1. The number of benzene rings is 1. The molecule has 0 fully saturated rings. The highest BCUT2D eigenvalue weighted by Crippen LogP contribution is 2.14. The summed E-state index contributed by atoms with van der Waals surface area (Å²) in [5.41, 5.74) is 4.84. The minimum absolute atomic E-state index is 0.0680. The van der Waals surface area contributed by atoms with E-state index >= 15 is 0 Å². The number of carbonyl (C=O) groups excluding carboxylic acids is 1. The number of rotatable bonds is 6. The Bertz CT molecular complexity index is 882. The first-order chi connectivity index (χ1) is 12.1. The van der Waals surface area contributed by atoms with Gasteiger partial charge in [-0.15, -0.1) is 0 Å². The lowest BCUT2D eigenvalue weighted by atomic mass is 10.1. The van der Waals surface area contributed by atoms with Gasteiger partial charge in [-0.3, -0.25) is 4.79 Å². The summed E-state index contributed by atoms with van der Waals surface area (Å²) >= 11 is 0. The maximum Gasteiger partial charge on any atom is 0.252 e. The zero-order chi connectivity index (χ0) is 17.8. The second-order valence-corrected chi connectivity index (χ2v) is 6.00. The van der Waals surface area contributed by atoms with Gasteiger partial charge in [0.15, 0.2) is 0 Å². The Morgan fingerprint density at radius 2 is 1.96 bits per heavy atom. The molecule has 5 nitrogen and oxygen atoms in total. The highest BCUT2D eigenvalue weighted by molar-refractivity contribution is 5.94. The fourth-order valence-electron chi connectivity index (χ4n) is 2.89. The summed E-state index contributed by atoms with van der Waals surface area (Å²) in [4.78, 5) is 17.0. The minimum atomic E-state index is -0.0680. The molecule has 130 valence electrons. The molecule has 1 amide bonds. The molecule has 1 N–H and O–H groups in total. The van der Waals surface area contributed by atoms with Crippen LogP contribution in [0.25, 0.3) is 5.65 Å². The number of aryl methyl sites for hydroxylation is 2. The lowest BCUT2D eigenvalue weighted by molar-refractivity contribution is 0.0953. The average Bonchev–Trinajstić information content (AvgIpc) is 2.97. The van der Waals surface area contributed by atoms with Gasteiger partial charge in [0.05, 0.1) is 18.4 Å². The number of amides is 1. The maximum atomic E-state index is 12.4. The molecule has 25 heavy (non-hydrogen) atoms. The lowest BCUT2D eigenvalue weighted by Crippen LogP contribution is -2.25. The van der Waals surface area contributed by atoms with Gasteiger partial charge in [-0.1, -0.05) is 19.1 Å². The van der Waals surface area contributed by atoms with Crippen molar-refractivity contribution in [3.63, 3.8) is 0 Å². The normalized spacial score (nSPS) is 10.8. The molecule has 0 aliphatic rings. The fourth-order valence-corrected chi connectivity index (χ4v) is 2.89. The van der Waals surface area contributed by atoms with Crippen LogP contribution in [0.1, 0.15) is 34.2 Å². The number of hydrogen-bond donors (Lipinski definition) is 1. The Labute approximate surface area is 147 Å². The van der Waals surface area contributed by atoms with Crippen LogP contribution in [0.3, 0.4) is 0 Å². The van der Waals surface area contributed by atoms with Crippen LogP contribution in [0.2, 0.25) is 0 Å². The van der Waals surface area contributed by atoms with E-state index in [1.807, 2.05) is 53.9 Å². The van der Waals surface area contributed by atoms with Crippen molar-refractivity contribution in [3.05, 3.63) is 65.1 Å². The molecule has 0 unspecified atom stereocenters.